The number of nitro benzene ring substituents is 1. The van der Waals surface area contributed by atoms with Gasteiger partial charge in [0.1, 0.15) is 11.3 Å². The number of para-hydroxylation sites is 2. The third-order valence-corrected chi connectivity index (χ3v) is 3.38. The fourth-order valence-electron chi connectivity index (χ4n) is 2.27. The van der Waals surface area contributed by atoms with E-state index >= 15 is 0 Å². The number of carbonyl (C=O) groups excluding carboxylic acids is 1. The van der Waals surface area contributed by atoms with Gasteiger partial charge in [-0.1, -0.05) is 30.3 Å². The predicted molar refractivity (Wildman–Crippen MR) is 86.7 cm³/mol. The van der Waals surface area contributed by atoms with Crippen LogP contribution in [0, 0.1) is 10.1 Å². The van der Waals surface area contributed by atoms with Crippen molar-refractivity contribution in [2.75, 3.05) is 7.11 Å². The predicted octanol–water partition coefficient (Wildman–Crippen LogP) is 2.95. The van der Waals surface area contributed by atoms with Gasteiger partial charge < -0.3 is 9.47 Å². The number of aliphatic imine (C=N–C) groups is 1. The molecule has 0 bridgehead atoms. The highest BCUT2D eigenvalue weighted by Gasteiger charge is 2.29. The van der Waals surface area contributed by atoms with Gasteiger partial charge in [-0.2, -0.15) is 0 Å². The van der Waals surface area contributed by atoms with Crippen molar-refractivity contribution in [1.82, 2.24) is 0 Å². The summed E-state index contributed by atoms with van der Waals surface area (Å²) < 4.78 is 10.3. The van der Waals surface area contributed by atoms with Crippen LogP contribution in [0.4, 0.5) is 5.69 Å². The molecule has 0 aromatic heterocycles. The molecule has 0 unspecified atom stereocenters. The fourth-order valence-corrected chi connectivity index (χ4v) is 2.27. The molecule has 7 heteroatoms. The molecule has 0 atom stereocenters. The third kappa shape index (κ3) is 2.87. The van der Waals surface area contributed by atoms with E-state index in [-0.39, 0.29) is 22.8 Å². The second-order valence-electron chi connectivity index (χ2n) is 4.85. The number of rotatable bonds is 4. The Morgan fingerprint density at radius 2 is 1.88 bits per heavy atom. The Hall–Kier alpha value is -3.48. The van der Waals surface area contributed by atoms with Gasteiger partial charge in [0.15, 0.2) is 5.70 Å². The molecule has 0 saturated carbocycles. The van der Waals surface area contributed by atoms with Crippen LogP contribution in [0.15, 0.2) is 59.2 Å². The molecule has 2 aromatic carbocycles. The Bertz CT molecular complexity index is 886. The van der Waals surface area contributed by atoms with Crippen LogP contribution in [0.5, 0.6) is 5.75 Å². The van der Waals surface area contributed by atoms with Gasteiger partial charge in [0.05, 0.1) is 12.0 Å². The zero-order valence-electron chi connectivity index (χ0n) is 12.6. The highest BCUT2D eigenvalue weighted by molar-refractivity contribution is 6.14. The van der Waals surface area contributed by atoms with Crippen molar-refractivity contribution in [2.45, 2.75) is 0 Å². The van der Waals surface area contributed by atoms with Crippen LogP contribution in [-0.4, -0.2) is 23.9 Å². The van der Waals surface area contributed by atoms with Crippen molar-refractivity contribution >= 4 is 23.6 Å². The minimum atomic E-state index is -0.672. The molecule has 0 spiro atoms. The molecule has 0 saturated heterocycles. The van der Waals surface area contributed by atoms with Crippen LogP contribution in [0.2, 0.25) is 0 Å². The molecule has 24 heavy (non-hydrogen) atoms. The summed E-state index contributed by atoms with van der Waals surface area (Å²) in [6.45, 7) is 0. The van der Waals surface area contributed by atoms with Gasteiger partial charge in [-0.15, -0.1) is 0 Å². The van der Waals surface area contributed by atoms with E-state index < -0.39 is 10.9 Å². The summed E-state index contributed by atoms with van der Waals surface area (Å²) >= 11 is 0. The molecule has 120 valence electrons. The molecule has 1 aliphatic heterocycles. The Kier molecular flexibility index (Phi) is 4.07. The van der Waals surface area contributed by atoms with Gasteiger partial charge >= 0.3 is 5.97 Å². The van der Waals surface area contributed by atoms with Crippen molar-refractivity contribution in [3.63, 3.8) is 0 Å². The van der Waals surface area contributed by atoms with E-state index in [0.29, 0.717) is 11.3 Å². The van der Waals surface area contributed by atoms with Crippen LogP contribution >= 0.6 is 0 Å². The number of nitrogens with zero attached hydrogens (tertiary/aromatic N) is 2. The van der Waals surface area contributed by atoms with Crippen molar-refractivity contribution in [3.8, 4) is 5.75 Å². The number of cyclic esters (lactones) is 1. The summed E-state index contributed by atoms with van der Waals surface area (Å²) in [7, 11) is 1.52. The smallest absolute Gasteiger partial charge is 0.363 e. The lowest BCUT2D eigenvalue weighted by molar-refractivity contribution is -0.385. The topological polar surface area (TPSA) is 91.0 Å². The molecular formula is C17H12N2O5. The highest BCUT2D eigenvalue weighted by Crippen LogP contribution is 2.27. The maximum absolute atomic E-state index is 12.0. The minimum Gasteiger partial charge on any atom is -0.496 e. The molecule has 0 radical (unpaired) electrons. The van der Waals surface area contributed by atoms with E-state index in [4.69, 9.17) is 9.47 Å². The summed E-state index contributed by atoms with van der Waals surface area (Å²) in [4.78, 5) is 26.7. The van der Waals surface area contributed by atoms with Gasteiger partial charge in [-0.05, 0) is 18.2 Å². The molecule has 0 amide bonds. The number of methoxy groups -OCH3 is 1. The van der Waals surface area contributed by atoms with E-state index in [2.05, 4.69) is 4.99 Å². The number of nitro groups is 1. The van der Waals surface area contributed by atoms with Crippen LogP contribution in [0.1, 0.15) is 11.1 Å². The Morgan fingerprint density at radius 1 is 1.17 bits per heavy atom. The fraction of sp³-hybridized carbons (Fsp3) is 0.0588. The molecular weight excluding hydrogens is 312 g/mol. The zero-order valence-corrected chi connectivity index (χ0v) is 12.6. The zero-order chi connectivity index (χ0) is 17.1. The van der Waals surface area contributed by atoms with Gasteiger partial charge in [0, 0.05) is 11.6 Å². The largest absolute Gasteiger partial charge is 0.496 e. The summed E-state index contributed by atoms with van der Waals surface area (Å²) in [5, 5.41) is 11.1. The lowest BCUT2D eigenvalue weighted by Gasteiger charge is -2.03. The Labute approximate surface area is 137 Å². The molecule has 3 rings (SSSR count). The number of esters is 1. The monoisotopic (exact) mass is 324 g/mol. The molecule has 0 fully saturated rings. The molecule has 1 heterocycles. The van der Waals surface area contributed by atoms with Crippen LogP contribution < -0.4 is 4.74 Å². The third-order valence-electron chi connectivity index (χ3n) is 3.38. The van der Waals surface area contributed by atoms with E-state index in [1.807, 2.05) is 0 Å². The minimum absolute atomic E-state index is 0.0488. The molecule has 1 aliphatic rings. The number of benzene rings is 2. The van der Waals surface area contributed by atoms with Gasteiger partial charge in [0.2, 0.25) is 5.90 Å². The van der Waals surface area contributed by atoms with Gasteiger partial charge in [-0.25, -0.2) is 9.79 Å². The second-order valence-corrected chi connectivity index (χ2v) is 4.85. The van der Waals surface area contributed by atoms with Crippen molar-refractivity contribution in [2.24, 2.45) is 4.99 Å². The van der Waals surface area contributed by atoms with Gasteiger partial charge in [0.25, 0.3) is 5.69 Å². The van der Waals surface area contributed by atoms with Crippen molar-refractivity contribution < 1.29 is 19.2 Å². The average molecular weight is 324 g/mol. The van der Waals surface area contributed by atoms with Crippen LogP contribution in [0.25, 0.3) is 6.08 Å². The summed E-state index contributed by atoms with van der Waals surface area (Å²) in [6.07, 6.45) is 1.52. The summed E-state index contributed by atoms with van der Waals surface area (Å²) in [6, 6.07) is 13.1. The normalized spacial score (nSPS) is 15.1. The second kappa shape index (κ2) is 6.33. The first-order valence-electron chi connectivity index (χ1n) is 6.99. The first-order chi connectivity index (χ1) is 11.6. The van der Waals surface area contributed by atoms with E-state index in [0.717, 1.165) is 0 Å². The standard InChI is InChI=1S/C17H12N2O5/c1-23-15-9-5-2-6-11(15)10-13-17(20)24-16(18-13)12-7-3-4-8-14(12)19(21)22/h2-10H,1H3/b13-10+. The molecule has 0 aliphatic carbocycles. The highest BCUT2D eigenvalue weighted by atomic mass is 16.6. The Balaban J connectivity index is 2.03. The first kappa shape index (κ1) is 15.4. The van der Waals surface area contributed by atoms with Crippen molar-refractivity contribution in [1.29, 1.82) is 0 Å². The van der Waals surface area contributed by atoms with E-state index in [1.165, 1.54) is 31.4 Å². The Morgan fingerprint density at radius 3 is 2.62 bits per heavy atom. The van der Waals surface area contributed by atoms with E-state index in [1.54, 1.807) is 30.3 Å². The molecule has 0 N–H and O–H groups in total. The average Bonchev–Trinajstić information content (AvgIpc) is 2.96. The maximum Gasteiger partial charge on any atom is 0.363 e. The maximum atomic E-state index is 12.0. The van der Waals surface area contributed by atoms with Crippen LogP contribution in [0.3, 0.4) is 0 Å². The number of hydrogen-bond donors (Lipinski definition) is 0. The van der Waals surface area contributed by atoms with Crippen molar-refractivity contribution in [3.05, 3.63) is 75.5 Å². The first-order valence-corrected chi connectivity index (χ1v) is 6.99. The quantitative estimate of drug-likeness (QED) is 0.373. The molecule has 7 nitrogen and oxygen atoms in total. The lowest BCUT2D eigenvalue weighted by atomic mass is 10.1. The van der Waals surface area contributed by atoms with E-state index in [9.17, 15) is 14.9 Å². The number of carbonyl (C=O) groups is 1. The SMILES string of the molecule is COc1ccccc1/C=C1/N=C(c2ccccc2[N+](=O)[O-])OC1=O. The van der Waals surface area contributed by atoms with Gasteiger partial charge in [-0.3, -0.25) is 10.1 Å². The summed E-state index contributed by atoms with van der Waals surface area (Å²) in [5.74, 6) is -0.186. The number of hydrogen-bond acceptors (Lipinski definition) is 6. The van der Waals surface area contributed by atoms with Crippen LogP contribution in [-0.2, 0) is 9.53 Å². The lowest BCUT2D eigenvalue weighted by Crippen LogP contribution is -2.07. The summed E-state index contributed by atoms with van der Waals surface area (Å²) in [5.41, 5.74) is 0.675. The molecule has 2 aromatic rings. The number of ether oxygens (including phenoxy) is 2.